The molecule has 0 heterocycles. The quantitative estimate of drug-likeness (QED) is 0.810. The molecule has 17 heavy (non-hydrogen) atoms. The first-order valence-corrected chi connectivity index (χ1v) is 6.62. The molecule has 0 saturated carbocycles. The highest BCUT2D eigenvalue weighted by Gasteiger charge is 2.06. The average molecular weight is 255 g/mol. The molecule has 0 aromatic heterocycles. The fourth-order valence-electron chi connectivity index (χ4n) is 2.06. The van der Waals surface area contributed by atoms with Crippen LogP contribution in [0, 0.1) is 5.92 Å². The van der Waals surface area contributed by atoms with Gasteiger partial charge in [-0.3, -0.25) is 0 Å². The Hall–Kier alpha value is -0.570. The van der Waals surface area contributed by atoms with Gasteiger partial charge in [-0.2, -0.15) is 0 Å². The van der Waals surface area contributed by atoms with Crippen LogP contribution in [0.25, 0.3) is 0 Å². The second kappa shape index (κ2) is 7.70. The highest BCUT2D eigenvalue weighted by Crippen LogP contribution is 2.12. The fourth-order valence-corrected chi connectivity index (χ4v) is 2.18. The molecule has 0 spiro atoms. The highest BCUT2D eigenvalue weighted by atomic mass is 35.5. The smallest absolute Gasteiger partial charge is 0.0406 e. The minimum Gasteiger partial charge on any atom is -0.330 e. The second-order valence-electron chi connectivity index (χ2n) is 4.86. The molecule has 0 bridgehead atoms. The largest absolute Gasteiger partial charge is 0.330 e. The molecule has 1 aromatic carbocycles. The lowest BCUT2D eigenvalue weighted by molar-refractivity contribution is 0.269. The molecular weight excluding hydrogens is 232 g/mol. The second-order valence-corrected chi connectivity index (χ2v) is 5.30. The summed E-state index contributed by atoms with van der Waals surface area (Å²) in [4.78, 5) is 2.35. The zero-order valence-corrected chi connectivity index (χ0v) is 11.6. The number of rotatable bonds is 7. The molecule has 0 aliphatic carbocycles. The van der Waals surface area contributed by atoms with Crippen molar-refractivity contribution in [1.29, 1.82) is 0 Å². The van der Waals surface area contributed by atoms with Crippen LogP contribution < -0.4 is 5.73 Å². The van der Waals surface area contributed by atoms with E-state index >= 15 is 0 Å². The SMILES string of the molecule is CC(CCCN)CN(C)Cc1ccc(Cl)cc1. The number of nitrogens with two attached hydrogens (primary N) is 1. The molecule has 96 valence electrons. The standard InChI is InChI=1S/C14H23ClN2/c1-12(4-3-9-16)10-17(2)11-13-5-7-14(15)8-6-13/h5-8,12H,3-4,9-11,16H2,1-2H3. The molecule has 2 N–H and O–H groups in total. The molecule has 0 saturated heterocycles. The maximum absolute atomic E-state index is 5.86. The van der Waals surface area contributed by atoms with E-state index in [4.69, 9.17) is 17.3 Å². The van der Waals surface area contributed by atoms with Crippen LogP contribution in [0.1, 0.15) is 25.3 Å². The van der Waals surface area contributed by atoms with E-state index in [2.05, 4.69) is 31.0 Å². The zero-order chi connectivity index (χ0) is 12.7. The van der Waals surface area contributed by atoms with Crippen molar-refractivity contribution >= 4 is 11.6 Å². The van der Waals surface area contributed by atoms with E-state index in [1.54, 1.807) is 0 Å². The first-order chi connectivity index (χ1) is 8.11. The molecule has 1 atom stereocenters. The van der Waals surface area contributed by atoms with Crippen LogP contribution >= 0.6 is 11.6 Å². The molecule has 0 aliphatic heterocycles. The third-order valence-corrected chi connectivity index (χ3v) is 3.14. The van der Waals surface area contributed by atoms with Gasteiger partial charge in [0, 0.05) is 18.1 Å². The van der Waals surface area contributed by atoms with Crippen molar-refractivity contribution in [2.24, 2.45) is 11.7 Å². The van der Waals surface area contributed by atoms with E-state index in [9.17, 15) is 0 Å². The van der Waals surface area contributed by atoms with Crippen molar-refractivity contribution in [2.75, 3.05) is 20.1 Å². The fraction of sp³-hybridized carbons (Fsp3) is 0.571. The summed E-state index contributed by atoms with van der Waals surface area (Å²) in [6.07, 6.45) is 2.33. The number of hydrogen-bond donors (Lipinski definition) is 1. The Morgan fingerprint density at radius 2 is 1.94 bits per heavy atom. The van der Waals surface area contributed by atoms with Crippen LogP contribution in [0.4, 0.5) is 0 Å². The summed E-state index contributed by atoms with van der Waals surface area (Å²) < 4.78 is 0. The van der Waals surface area contributed by atoms with Crippen LogP contribution in [0.3, 0.4) is 0 Å². The molecule has 0 radical (unpaired) electrons. The van der Waals surface area contributed by atoms with Crippen molar-refractivity contribution < 1.29 is 0 Å². The van der Waals surface area contributed by atoms with Crippen LogP contribution in [0.5, 0.6) is 0 Å². The predicted molar refractivity (Wildman–Crippen MR) is 75.2 cm³/mol. The maximum atomic E-state index is 5.86. The molecule has 0 fully saturated rings. The van der Waals surface area contributed by atoms with Gasteiger partial charge in [-0.05, 0) is 50.0 Å². The van der Waals surface area contributed by atoms with E-state index in [0.29, 0.717) is 5.92 Å². The van der Waals surface area contributed by atoms with Gasteiger partial charge in [0.25, 0.3) is 0 Å². The lowest BCUT2D eigenvalue weighted by Gasteiger charge is -2.21. The molecular formula is C14H23ClN2. The molecule has 1 rings (SSSR count). The van der Waals surface area contributed by atoms with Crippen LogP contribution in [0.2, 0.25) is 5.02 Å². The van der Waals surface area contributed by atoms with Crippen molar-refractivity contribution in [2.45, 2.75) is 26.3 Å². The van der Waals surface area contributed by atoms with Gasteiger partial charge in [-0.15, -0.1) is 0 Å². The monoisotopic (exact) mass is 254 g/mol. The molecule has 0 aliphatic rings. The molecule has 1 aromatic rings. The summed E-state index contributed by atoms with van der Waals surface area (Å²) in [6.45, 7) is 5.17. The van der Waals surface area contributed by atoms with Crippen LogP contribution in [-0.2, 0) is 6.54 Å². The van der Waals surface area contributed by atoms with Gasteiger partial charge >= 0.3 is 0 Å². The Bertz CT molecular complexity index is 311. The van der Waals surface area contributed by atoms with Crippen LogP contribution in [-0.4, -0.2) is 25.0 Å². The van der Waals surface area contributed by atoms with Gasteiger partial charge in [0.15, 0.2) is 0 Å². The minimum absolute atomic E-state index is 0.704. The average Bonchev–Trinajstić information content (AvgIpc) is 2.29. The van der Waals surface area contributed by atoms with E-state index in [-0.39, 0.29) is 0 Å². The zero-order valence-electron chi connectivity index (χ0n) is 10.8. The molecule has 0 amide bonds. The van der Waals surface area contributed by atoms with Gasteiger partial charge in [0.1, 0.15) is 0 Å². The van der Waals surface area contributed by atoms with Gasteiger partial charge in [-0.25, -0.2) is 0 Å². The first kappa shape index (κ1) is 14.5. The highest BCUT2D eigenvalue weighted by molar-refractivity contribution is 6.30. The summed E-state index contributed by atoms with van der Waals surface area (Å²) in [5, 5.41) is 0.799. The van der Waals surface area contributed by atoms with Crippen molar-refractivity contribution in [3.8, 4) is 0 Å². The van der Waals surface area contributed by atoms with Crippen molar-refractivity contribution in [1.82, 2.24) is 4.90 Å². The Morgan fingerprint density at radius 1 is 1.29 bits per heavy atom. The summed E-state index contributed by atoms with van der Waals surface area (Å²) in [6, 6.07) is 8.07. The molecule has 1 unspecified atom stereocenters. The number of hydrogen-bond acceptors (Lipinski definition) is 2. The summed E-state index contributed by atoms with van der Waals surface area (Å²) >= 11 is 5.86. The van der Waals surface area contributed by atoms with E-state index < -0.39 is 0 Å². The predicted octanol–water partition coefficient (Wildman–Crippen LogP) is 3.15. The van der Waals surface area contributed by atoms with Crippen molar-refractivity contribution in [3.05, 3.63) is 34.9 Å². The van der Waals surface area contributed by atoms with Crippen molar-refractivity contribution in [3.63, 3.8) is 0 Å². The number of nitrogens with zero attached hydrogens (tertiary/aromatic N) is 1. The lowest BCUT2D eigenvalue weighted by atomic mass is 10.0. The summed E-state index contributed by atoms with van der Waals surface area (Å²) in [5.74, 6) is 0.704. The van der Waals surface area contributed by atoms with Gasteiger partial charge in [0.2, 0.25) is 0 Å². The molecule has 2 nitrogen and oxygen atoms in total. The Labute approximate surface area is 110 Å². The van der Waals surface area contributed by atoms with Gasteiger partial charge < -0.3 is 10.6 Å². The Kier molecular flexibility index (Phi) is 6.56. The third-order valence-electron chi connectivity index (χ3n) is 2.89. The number of halogens is 1. The van der Waals surface area contributed by atoms with E-state index in [1.165, 1.54) is 12.0 Å². The van der Waals surface area contributed by atoms with Crippen LogP contribution in [0.15, 0.2) is 24.3 Å². The normalized spacial score (nSPS) is 13.0. The molecule has 3 heteroatoms. The van der Waals surface area contributed by atoms with Gasteiger partial charge in [0.05, 0.1) is 0 Å². The lowest BCUT2D eigenvalue weighted by Crippen LogP contribution is -2.24. The summed E-state index contributed by atoms with van der Waals surface area (Å²) in [5.41, 5.74) is 6.83. The third kappa shape index (κ3) is 6.06. The summed E-state index contributed by atoms with van der Waals surface area (Å²) in [7, 11) is 2.16. The van der Waals surface area contributed by atoms with Gasteiger partial charge in [-0.1, -0.05) is 30.7 Å². The Morgan fingerprint density at radius 3 is 2.53 bits per heavy atom. The first-order valence-electron chi connectivity index (χ1n) is 6.25. The van der Waals surface area contributed by atoms with E-state index in [0.717, 1.165) is 31.1 Å². The maximum Gasteiger partial charge on any atom is 0.0406 e. The minimum atomic E-state index is 0.704. The topological polar surface area (TPSA) is 29.3 Å². The number of benzene rings is 1. The Balaban J connectivity index is 2.33. The van der Waals surface area contributed by atoms with E-state index in [1.807, 2.05) is 12.1 Å².